The second kappa shape index (κ2) is 6.86. The molecule has 1 heterocycles. The molecule has 0 radical (unpaired) electrons. The minimum atomic E-state index is -0.104. The average molecular weight is 332 g/mol. The molecule has 0 aromatic carbocycles. The van der Waals surface area contributed by atoms with E-state index in [9.17, 15) is 0 Å². The number of likely N-dealkylation sites (N-methyl/N-ethyl adjacent to an activating group) is 1. The second-order valence-corrected chi connectivity index (χ2v) is 6.57. The highest BCUT2D eigenvalue weighted by Crippen LogP contribution is 2.22. The molecule has 19 heavy (non-hydrogen) atoms. The van der Waals surface area contributed by atoms with Crippen molar-refractivity contribution in [3.05, 3.63) is 15.9 Å². The lowest BCUT2D eigenvalue weighted by Crippen LogP contribution is -2.36. The minimum absolute atomic E-state index is 0.104. The maximum atomic E-state index is 5.87. The van der Waals surface area contributed by atoms with E-state index in [1.54, 1.807) is 0 Å². The maximum absolute atomic E-state index is 5.87. The van der Waals surface area contributed by atoms with Gasteiger partial charge in [-0.2, -0.15) is 5.10 Å². The zero-order chi connectivity index (χ0) is 14.6. The van der Waals surface area contributed by atoms with Gasteiger partial charge in [0.15, 0.2) is 0 Å². The van der Waals surface area contributed by atoms with Crippen molar-refractivity contribution in [3.63, 3.8) is 0 Å². The number of nitrogens with zero attached hydrogens (tertiary/aromatic N) is 2. The molecule has 1 atom stereocenters. The van der Waals surface area contributed by atoms with Crippen molar-refractivity contribution in [2.24, 2.45) is 0 Å². The number of hydrogen-bond acceptors (Lipinski definition) is 3. The summed E-state index contributed by atoms with van der Waals surface area (Å²) in [5.41, 5.74) is 2.17. The van der Waals surface area contributed by atoms with Crippen LogP contribution in [0, 0.1) is 6.92 Å². The molecule has 0 fully saturated rings. The van der Waals surface area contributed by atoms with Crippen molar-refractivity contribution < 1.29 is 4.74 Å². The molecule has 1 aromatic rings. The van der Waals surface area contributed by atoms with Crippen molar-refractivity contribution in [1.82, 2.24) is 15.1 Å². The molecule has 1 rings (SSSR count). The zero-order valence-corrected chi connectivity index (χ0v) is 14.5. The molecule has 1 N–H and O–H groups in total. The Morgan fingerprint density at radius 3 is 2.53 bits per heavy atom. The summed E-state index contributed by atoms with van der Waals surface area (Å²) in [4.78, 5) is 0. The quantitative estimate of drug-likeness (QED) is 0.871. The van der Waals surface area contributed by atoms with Crippen LogP contribution in [-0.4, -0.2) is 35.1 Å². The van der Waals surface area contributed by atoms with Crippen LogP contribution in [0.4, 0.5) is 0 Å². The van der Waals surface area contributed by atoms with E-state index in [0.717, 1.165) is 23.1 Å². The van der Waals surface area contributed by atoms with Gasteiger partial charge in [0.05, 0.1) is 28.1 Å². The molecule has 0 aliphatic rings. The van der Waals surface area contributed by atoms with Crippen LogP contribution >= 0.6 is 15.9 Å². The Balaban J connectivity index is 2.75. The zero-order valence-electron chi connectivity index (χ0n) is 12.9. The van der Waals surface area contributed by atoms with Crippen molar-refractivity contribution in [2.45, 2.75) is 59.2 Å². The van der Waals surface area contributed by atoms with Crippen LogP contribution in [0.25, 0.3) is 0 Å². The molecule has 0 bridgehead atoms. The highest BCUT2D eigenvalue weighted by molar-refractivity contribution is 9.10. The van der Waals surface area contributed by atoms with Gasteiger partial charge in [-0.05, 0) is 57.6 Å². The highest BCUT2D eigenvalue weighted by Gasteiger charge is 2.19. The standard InChI is InChI=1S/C14H26BrN3O/c1-7-18-12(13(15)10(2)17-18)8-11(16-6)9-19-14(3,4)5/h11,16H,7-9H2,1-6H3. The summed E-state index contributed by atoms with van der Waals surface area (Å²) in [6.07, 6.45) is 0.905. The van der Waals surface area contributed by atoms with Gasteiger partial charge in [-0.3, -0.25) is 4.68 Å². The third-order valence-electron chi connectivity index (χ3n) is 3.02. The largest absolute Gasteiger partial charge is 0.374 e. The topological polar surface area (TPSA) is 39.1 Å². The van der Waals surface area contributed by atoms with Crippen molar-refractivity contribution in [2.75, 3.05) is 13.7 Å². The maximum Gasteiger partial charge on any atom is 0.0738 e. The van der Waals surface area contributed by atoms with Crippen LogP contribution in [0.3, 0.4) is 0 Å². The summed E-state index contributed by atoms with van der Waals surface area (Å²) >= 11 is 3.64. The summed E-state index contributed by atoms with van der Waals surface area (Å²) in [7, 11) is 1.98. The molecule has 0 spiro atoms. The summed E-state index contributed by atoms with van der Waals surface area (Å²) < 4.78 is 9.04. The summed E-state index contributed by atoms with van der Waals surface area (Å²) in [6, 6.07) is 0.289. The van der Waals surface area contributed by atoms with Gasteiger partial charge in [-0.15, -0.1) is 0 Å². The predicted octanol–water partition coefficient (Wildman–Crippen LogP) is 2.92. The van der Waals surface area contributed by atoms with Gasteiger partial charge in [0.2, 0.25) is 0 Å². The van der Waals surface area contributed by atoms with Crippen LogP contribution in [-0.2, 0) is 17.7 Å². The molecular formula is C14H26BrN3O. The number of ether oxygens (including phenoxy) is 1. The van der Waals surface area contributed by atoms with Crippen LogP contribution in [0.2, 0.25) is 0 Å². The van der Waals surface area contributed by atoms with E-state index in [-0.39, 0.29) is 11.6 Å². The first-order valence-electron chi connectivity index (χ1n) is 6.81. The molecule has 0 saturated carbocycles. The smallest absolute Gasteiger partial charge is 0.0738 e. The summed E-state index contributed by atoms with van der Waals surface area (Å²) in [6.45, 7) is 12.0. The Morgan fingerprint density at radius 1 is 1.42 bits per heavy atom. The number of halogens is 1. The average Bonchev–Trinajstić information content (AvgIpc) is 2.60. The van der Waals surface area contributed by atoms with E-state index in [1.807, 2.05) is 14.0 Å². The molecular weight excluding hydrogens is 306 g/mol. The fourth-order valence-electron chi connectivity index (χ4n) is 1.89. The van der Waals surface area contributed by atoms with Crippen LogP contribution in [0.15, 0.2) is 4.47 Å². The lowest BCUT2D eigenvalue weighted by molar-refractivity contribution is -0.0137. The van der Waals surface area contributed by atoms with E-state index in [0.29, 0.717) is 6.61 Å². The normalized spacial score (nSPS) is 13.8. The first-order valence-corrected chi connectivity index (χ1v) is 7.60. The van der Waals surface area contributed by atoms with Gasteiger partial charge >= 0.3 is 0 Å². The summed E-state index contributed by atoms with van der Waals surface area (Å²) in [5, 5.41) is 7.85. The molecule has 0 saturated heterocycles. The monoisotopic (exact) mass is 331 g/mol. The first kappa shape index (κ1) is 16.7. The second-order valence-electron chi connectivity index (χ2n) is 5.77. The highest BCUT2D eigenvalue weighted by atomic mass is 79.9. The van der Waals surface area contributed by atoms with Gasteiger partial charge in [-0.25, -0.2) is 0 Å². The predicted molar refractivity (Wildman–Crippen MR) is 82.6 cm³/mol. The van der Waals surface area contributed by atoms with E-state index < -0.39 is 0 Å². The SMILES string of the molecule is CCn1nc(C)c(Br)c1CC(COC(C)(C)C)NC. The third kappa shape index (κ3) is 4.89. The van der Waals surface area contributed by atoms with Gasteiger partial charge < -0.3 is 10.1 Å². The van der Waals surface area contributed by atoms with E-state index in [2.05, 4.69) is 58.7 Å². The molecule has 5 heteroatoms. The Bertz CT molecular complexity index is 410. The molecule has 110 valence electrons. The molecule has 0 aliphatic heterocycles. The Morgan fingerprint density at radius 2 is 2.05 bits per heavy atom. The van der Waals surface area contributed by atoms with Gasteiger partial charge in [-0.1, -0.05) is 0 Å². The first-order chi connectivity index (χ1) is 8.78. The van der Waals surface area contributed by atoms with E-state index in [4.69, 9.17) is 4.74 Å². The van der Waals surface area contributed by atoms with Gasteiger partial charge in [0.25, 0.3) is 0 Å². The lowest BCUT2D eigenvalue weighted by atomic mass is 10.1. The van der Waals surface area contributed by atoms with Gasteiger partial charge in [0, 0.05) is 19.0 Å². The minimum Gasteiger partial charge on any atom is -0.374 e. The Kier molecular flexibility index (Phi) is 6.02. The van der Waals surface area contributed by atoms with Crippen molar-refractivity contribution in [3.8, 4) is 0 Å². The van der Waals surface area contributed by atoms with Gasteiger partial charge in [0.1, 0.15) is 0 Å². The molecule has 4 nitrogen and oxygen atoms in total. The number of rotatable bonds is 6. The fraction of sp³-hybridized carbons (Fsp3) is 0.786. The van der Waals surface area contributed by atoms with E-state index >= 15 is 0 Å². The Hall–Kier alpha value is -0.390. The Labute approximate surface area is 125 Å². The summed E-state index contributed by atoms with van der Waals surface area (Å²) in [5.74, 6) is 0. The molecule has 1 unspecified atom stereocenters. The van der Waals surface area contributed by atoms with Crippen LogP contribution < -0.4 is 5.32 Å². The fourth-order valence-corrected chi connectivity index (χ4v) is 2.34. The van der Waals surface area contributed by atoms with Crippen LogP contribution in [0.1, 0.15) is 39.1 Å². The van der Waals surface area contributed by atoms with Crippen LogP contribution in [0.5, 0.6) is 0 Å². The number of nitrogens with one attached hydrogen (secondary N) is 1. The van der Waals surface area contributed by atoms with Crippen molar-refractivity contribution in [1.29, 1.82) is 0 Å². The molecule has 1 aromatic heterocycles. The van der Waals surface area contributed by atoms with Crippen molar-refractivity contribution >= 4 is 15.9 Å². The lowest BCUT2D eigenvalue weighted by Gasteiger charge is -2.24. The third-order valence-corrected chi connectivity index (χ3v) is 4.05. The molecule has 0 aliphatic carbocycles. The number of aryl methyl sites for hydroxylation is 2. The molecule has 0 amide bonds. The van der Waals surface area contributed by atoms with E-state index in [1.165, 1.54) is 5.69 Å². The number of hydrogen-bond donors (Lipinski definition) is 1. The number of aromatic nitrogens is 2.